The number of methoxy groups -OCH3 is 2. The average molecular weight is 2070 g/mol. The first-order valence-electron chi connectivity index (χ1n) is 46.9. The van der Waals surface area contributed by atoms with E-state index in [-0.39, 0.29) is 132 Å². The van der Waals surface area contributed by atoms with E-state index >= 15 is 0 Å². The molecule has 142 heavy (non-hydrogen) atoms. The molecule has 15 N–H and O–H groups in total. The number of nitrogens with one attached hydrogen (secondary N) is 4. The van der Waals surface area contributed by atoms with Crippen LogP contribution in [-0.4, -0.2) is 267 Å². The van der Waals surface area contributed by atoms with Crippen LogP contribution in [0.3, 0.4) is 0 Å². The molecule has 5 fully saturated rings. The van der Waals surface area contributed by atoms with Crippen molar-refractivity contribution in [1.82, 2.24) is 24.9 Å². The number of rotatable bonds is 27. The maximum atomic E-state index is 12.8. The molecule has 3 amide bonds. The zero-order valence-corrected chi connectivity index (χ0v) is 90.6. The van der Waals surface area contributed by atoms with Crippen LogP contribution in [0.25, 0.3) is 0 Å². The Kier molecular flexibility index (Phi) is 57.3. The first-order valence-corrected chi connectivity index (χ1v) is 47.5. The molecule has 8 aromatic carbocycles. The zero-order valence-electron chi connectivity index (χ0n) is 85.4. The van der Waals surface area contributed by atoms with Gasteiger partial charge in [0.15, 0.2) is 0 Å². The van der Waals surface area contributed by atoms with Crippen LogP contribution in [0.2, 0.25) is 0 Å². The predicted molar refractivity (Wildman–Crippen MR) is 563 cm³/mol. The summed E-state index contributed by atoms with van der Waals surface area (Å²) in [5, 5.41) is 68.8. The largest absolute Gasteiger partial charge is 1.00 e. The average Bonchev–Trinajstić information content (AvgIpc) is 0.841. The van der Waals surface area contributed by atoms with Crippen molar-refractivity contribution in [2.24, 2.45) is 0 Å². The van der Waals surface area contributed by atoms with Gasteiger partial charge in [-0.25, -0.2) is 19.2 Å². The first-order chi connectivity index (χ1) is 64.5. The Morgan fingerprint density at radius 2 is 0.613 bits per heavy atom. The smallest absolute Gasteiger partial charge is 0.870 e. The van der Waals surface area contributed by atoms with Gasteiger partial charge in [-0.2, -0.15) is 0 Å². The minimum Gasteiger partial charge on any atom is -0.870 e. The molecule has 0 spiro atoms. The molecule has 5 saturated heterocycles. The topological polar surface area (TPSA) is 441 Å². The molecule has 0 unspecified atom stereocenters. The fourth-order valence-corrected chi connectivity index (χ4v) is 15.1. The second-order valence-corrected chi connectivity index (χ2v) is 39.3. The summed E-state index contributed by atoms with van der Waals surface area (Å²) in [6, 6.07) is 56.8. The van der Waals surface area contributed by atoms with E-state index in [0.29, 0.717) is 82.8 Å². The number of aromatic carboxylic acids is 1. The summed E-state index contributed by atoms with van der Waals surface area (Å²) in [7, 11) is 2.75. The molecule has 5 heterocycles. The summed E-state index contributed by atoms with van der Waals surface area (Å²) >= 11 is 5.23. The summed E-state index contributed by atoms with van der Waals surface area (Å²) in [6.07, 6.45) is 9.67. The fraction of sp³-hybridized carbons (Fsp3) is 0.491. The van der Waals surface area contributed by atoms with E-state index in [9.17, 15) is 49.2 Å². The number of anilines is 5. The SMILES string of the molecule is CC(C)(O)CCl.CC(C)(O)CN1CCC(Oc2ccc(C(=O)Nc3ccccc3N)cc2)CC1.CC(C)(O)CN1CCC(Oc2ccc(C(=O)Nc3ccccc3NC(=O)OC(C)(C)C)cc2)CC1.CC(C)(O)CN1CCC(Oc2ccc(C(=O)O)cc2)CC1.COC(=O)c1ccc(OC2CCN(CC(C)(C)O)CC2)cc1.COC(=O)c1ccc(OC2CCNCC2)cc1.Cc1ccccc1N.Cl.Cl.Cl.[Na+].[OH-]. The van der Waals surface area contributed by atoms with Crippen molar-refractivity contribution in [3.05, 3.63) is 228 Å². The Balaban J connectivity index is 0.000000583. The Morgan fingerprint density at radius 3 is 0.859 bits per heavy atom. The molecule has 13 rings (SSSR count). The van der Waals surface area contributed by atoms with E-state index in [4.69, 9.17) is 61.7 Å². The summed E-state index contributed by atoms with van der Waals surface area (Å²) in [6.45, 7) is 37.2. The molecule has 0 saturated carbocycles. The number of nitrogens with two attached hydrogens (primary N) is 2. The normalized spacial score (nSPS) is 15.2. The van der Waals surface area contributed by atoms with Gasteiger partial charge in [0, 0.05) is 95.4 Å². The van der Waals surface area contributed by atoms with Crippen molar-refractivity contribution in [2.75, 3.05) is 139 Å². The van der Waals surface area contributed by atoms with E-state index < -0.39 is 45.7 Å². The third-order valence-corrected chi connectivity index (χ3v) is 22.5. The number of carboxylic acids is 1. The molecule has 0 radical (unpaired) electrons. The second kappa shape index (κ2) is 63.2. The number of esters is 2. The van der Waals surface area contributed by atoms with Crippen LogP contribution < -0.4 is 86.0 Å². The number of carboxylic acid groups (broad SMARTS) is 1. The summed E-state index contributed by atoms with van der Waals surface area (Å²) in [5.74, 6) is 1.98. The molecule has 36 heteroatoms. The molecule has 8 aromatic rings. The van der Waals surface area contributed by atoms with Crippen LogP contribution in [0, 0.1) is 6.92 Å². The van der Waals surface area contributed by atoms with Gasteiger partial charge in [-0.05, 0) is 331 Å². The number of amides is 3. The van der Waals surface area contributed by atoms with E-state index in [1.54, 1.807) is 168 Å². The Morgan fingerprint density at radius 1 is 0.366 bits per heavy atom. The summed E-state index contributed by atoms with van der Waals surface area (Å²) in [4.78, 5) is 79.8. The predicted octanol–water partition coefficient (Wildman–Crippen LogP) is 14.4. The number of aryl methyl sites for hydroxylation is 1. The number of hydrogen-bond donors (Lipinski definition) is 12. The molecule has 0 aromatic heterocycles. The number of nitrogen functional groups attached to an aromatic ring is 2. The van der Waals surface area contributed by atoms with Crippen LogP contribution in [0.15, 0.2) is 194 Å². The van der Waals surface area contributed by atoms with E-state index in [1.807, 2.05) is 123 Å². The van der Waals surface area contributed by atoms with Crippen LogP contribution in [0.4, 0.5) is 33.2 Å². The van der Waals surface area contributed by atoms with Crippen LogP contribution >= 0.6 is 48.8 Å². The standard InChI is InChI=1S/C27H37N3O5.C22H29N3O3.C17H25NO4.C16H23NO4.C13H17NO3.C7H9N.C4H9ClO.3ClH.Na.H2O/c1-26(2,3)35-25(32)29-23-9-7-6-8-22(23)28-24(31)19-10-12-20(13-11-19)34-21-14-16-30(17-15-21)18-27(4,5)33;1-22(2,27)15-25-13-11-18(12-14-25)28-17-9-7-16(8-10-17)21(26)24-20-6-4-3-5-19(20)23;1-17(2,20)12-18-10-8-15(9-11-18)22-14-6-4-13(5-7-14)16(19)21-3;1-16(2,20)11-17-9-7-14(8-10-17)21-13-5-3-12(4-6-13)15(18)19;1-16-13(15)10-2-4-11(5-3-10)17-12-6-8-14-9-7-12;1-6-4-2-3-5-7(6)8;1-4(2,6)3-5;;;;;/h6-13,21,33H,14-18H2,1-5H3,(H,28,31)(H,29,32);3-10,18,27H,11-15,23H2,1-2H3,(H,24,26);4-7,15,20H,8-12H2,1-3H3;3-6,14,20H,7-11H2,1-2H3,(H,18,19);2-5,12,14H,6-9H2,1H3;2-5H,8H2,1H3;6H,3H2,1-2H3;3*1H;;1H2/q;;;;;;;;;;+1;/p-1. The van der Waals surface area contributed by atoms with Crippen LogP contribution in [0.5, 0.6) is 28.7 Å². The number of nitrogens with zero attached hydrogens (tertiary/aromatic N) is 4. The Hall–Kier alpha value is -9.30. The minimum atomic E-state index is -0.929. The van der Waals surface area contributed by atoms with Gasteiger partial charge < -0.3 is 121 Å². The molecule has 0 atom stereocenters. The third-order valence-electron chi connectivity index (χ3n) is 21.8. The first kappa shape index (κ1) is 129. The summed E-state index contributed by atoms with van der Waals surface area (Å²) in [5.41, 5.74) is 13.8. The number of aliphatic hydroxyl groups is 5. The number of carbonyl (C=O) groups excluding carboxylic acids is 5. The molecule has 5 aliphatic heterocycles. The number of β-amino-alcohol motifs (C(OH)–C–C–N with tert-alkyl or cyclic N) is 4. The van der Waals surface area contributed by atoms with Crippen molar-refractivity contribution < 1.29 is 132 Å². The van der Waals surface area contributed by atoms with Gasteiger partial charge in [0.2, 0.25) is 0 Å². The van der Waals surface area contributed by atoms with Gasteiger partial charge in [-0.1, -0.05) is 42.5 Å². The molecular formula is C106H153Cl4N10NaO21. The maximum Gasteiger partial charge on any atom is 1.00 e. The van der Waals surface area contributed by atoms with Gasteiger partial charge in [0.25, 0.3) is 11.8 Å². The quantitative estimate of drug-likeness (QED) is 0.00748. The molecular weight excluding hydrogens is 1910 g/mol. The van der Waals surface area contributed by atoms with E-state index in [1.165, 1.54) is 14.2 Å². The number of piperidine rings is 5. The van der Waals surface area contributed by atoms with Crippen molar-refractivity contribution in [1.29, 1.82) is 0 Å². The number of para-hydroxylation sites is 5. The van der Waals surface area contributed by atoms with Gasteiger partial charge in [0.05, 0.1) is 87.5 Å². The molecule has 31 nitrogen and oxygen atoms in total. The monoisotopic (exact) mass is 2060 g/mol. The number of halogens is 4. The third kappa shape index (κ3) is 52.0. The minimum absolute atomic E-state index is 0. The van der Waals surface area contributed by atoms with Crippen LogP contribution in [0.1, 0.15) is 212 Å². The number of hydrogen-bond acceptors (Lipinski definition) is 27. The van der Waals surface area contributed by atoms with Gasteiger partial charge >= 0.3 is 53.6 Å². The van der Waals surface area contributed by atoms with E-state index in [0.717, 1.165) is 164 Å². The number of benzene rings is 8. The number of likely N-dealkylation sites (tertiary alicyclic amines) is 4. The number of carbonyl (C=O) groups is 6. The number of ether oxygens (including phenoxy) is 8. The van der Waals surface area contributed by atoms with Crippen LogP contribution in [-0.2, 0) is 14.2 Å². The molecule has 5 aliphatic rings. The zero-order chi connectivity index (χ0) is 101. The van der Waals surface area contributed by atoms with Gasteiger partial charge in [-0.15, -0.1) is 48.8 Å². The Bertz CT molecular complexity index is 4940. The fourth-order valence-electron chi connectivity index (χ4n) is 15.1. The van der Waals surface area contributed by atoms with Crippen molar-refractivity contribution in [3.8, 4) is 28.7 Å². The maximum absolute atomic E-state index is 12.8. The van der Waals surface area contributed by atoms with Crippen molar-refractivity contribution in [3.63, 3.8) is 0 Å². The van der Waals surface area contributed by atoms with E-state index in [2.05, 4.69) is 50.3 Å². The van der Waals surface area contributed by atoms with Crippen molar-refractivity contribution >= 4 is 113 Å². The Labute approximate surface area is 884 Å². The molecule has 782 valence electrons. The molecule has 0 bridgehead atoms. The van der Waals surface area contributed by atoms with Gasteiger partial charge in [-0.3, -0.25) is 14.9 Å². The van der Waals surface area contributed by atoms with Crippen molar-refractivity contribution in [2.45, 2.75) is 225 Å². The second-order valence-electron chi connectivity index (χ2n) is 39.1. The van der Waals surface area contributed by atoms with Gasteiger partial charge in [0.1, 0.15) is 64.9 Å². The molecule has 0 aliphatic carbocycles. The number of alkyl halides is 1. The summed E-state index contributed by atoms with van der Waals surface area (Å²) < 4.78 is 44.5.